The Kier molecular flexibility index (Phi) is 4.92. The van der Waals surface area contributed by atoms with Gasteiger partial charge in [-0.2, -0.15) is 5.10 Å². The first kappa shape index (κ1) is 21.1. The van der Waals surface area contributed by atoms with Crippen LogP contribution in [0.15, 0.2) is 60.9 Å². The average Bonchev–Trinajstić information content (AvgIpc) is 3.51. The van der Waals surface area contributed by atoms with Gasteiger partial charge >= 0.3 is 0 Å². The van der Waals surface area contributed by atoms with Gasteiger partial charge in [-0.1, -0.05) is 39.0 Å². The Labute approximate surface area is 193 Å². The van der Waals surface area contributed by atoms with Gasteiger partial charge in [-0.25, -0.2) is 14.6 Å². The maximum absolute atomic E-state index is 13.8. The highest BCUT2D eigenvalue weighted by molar-refractivity contribution is 5.96. The molecule has 168 valence electrons. The quantitative estimate of drug-likeness (QED) is 0.460. The fourth-order valence-corrected chi connectivity index (χ4v) is 4.35. The Balaban J connectivity index is 1.54. The van der Waals surface area contributed by atoms with Crippen LogP contribution in [0.4, 0.5) is 0 Å². The van der Waals surface area contributed by atoms with Gasteiger partial charge in [0, 0.05) is 24.6 Å². The Morgan fingerprint density at radius 2 is 2.00 bits per heavy atom. The van der Waals surface area contributed by atoms with Crippen molar-refractivity contribution >= 4 is 16.9 Å². The molecule has 5 rings (SSSR count). The number of pyridine rings is 1. The highest BCUT2D eigenvalue weighted by Gasteiger charge is 2.36. The third-order valence-electron chi connectivity index (χ3n) is 6.16. The number of carbonyl (C=O) groups is 1. The SMILES string of the molecule is C=C1CC(c2nc3ccc(C(C)(C)C)cc3[nH]2)N(C(=O)c2nc(C)ccc2-n2cccn2)C1. The second-order valence-corrected chi connectivity index (χ2v) is 9.78. The van der Waals surface area contributed by atoms with Gasteiger partial charge in [0.25, 0.3) is 5.91 Å². The molecule has 0 radical (unpaired) electrons. The zero-order valence-electron chi connectivity index (χ0n) is 19.5. The second-order valence-electron chi connectivity index (χ2n) is 9.78. The molecule has 33 heavy (non-hydrogen) atoms. The van der Waals surface area contributed by atoms with Crippen LogP contribution >= 0.6 is 0 Å². The molecule has 0 bridgehead atoms. The Hall–Kier alpha value is -3.74. The molecule has 0 spiro atoms. The minimum absolute atomic E-state index is 0.0445. The number of fused-ring (bicyclic) bond motifs is 1. The topological polar surface area (TPSA) is 79.7 Å². The summed E-state index contributed by atoms with van der Waals surface area (Å²) in [5.41, 5.74) is 5.97. The number of aromatic amines is 1. The third-order valence-corrected chi connectivity index (χ3v) is 6.16. The van der Waals surface area contributed by atoms with Gasteiger partial charge in [-0.15, -0.1) is 0 Å². The Bertz CT molecular complexity index is 1360. The molecule has 1 aliphatic heterocycles. The molecule has 1 amide bonds. The van der Waals surface area contributed by atoms with Crippen LogP contribution in [-0.4, -0.2) is 42.1 Å². The van der Waals surface area contributed by atoms with E-state index in [-0.39, 0.29) is 17.4 Å². The Morgan fingerprint density at radius 3 is 2.73 bits per heavy atom. The predicted molar refractivity (Wildman–Crippen MR) is 128 cm³/mol. The summed E-state index contributed by atoms with van der Waals surface area (Å²) in [6, 6.07) is 11.7. The molecule has 4 aromatic rings. The minimum Gasteiger partial charge on any atom is -0.340 e. The fourth-order valence-electron chi connectivity index (χ4n) is 4.35. The van der Waals surface area contributed by atoms with Gasteiger partial charge in [0.15, 0.2) is 5.69 Å². The van der Waals surface area contributed by atoms with E-state index in [4.69, 9.17) is 4.98 Å². The molecular formula is C26H28N6O. The predicted octanol–water partition coefficient (Wildman–Crippen LogP) is 4.89. The van der Waals surface area contributed by atoms with E-state index in [9.17, 15) is 4.79 Å². The number of imidazole rings is 1. The van der Waals surface area contributed by atoms with Crippen molar-refractivity contribution in [2.45, 2.75) is 45.6 Å². The van der Waals surface area contributed by atoms with E-state index in [0.717, 1.165) is 28.1 Å². The summed E-state index contributed by atoms with van der Waals surface area (Å²) in [6.07, 6.45) is 4.17. The smallest absolute Gasteiger partial charge is 0.275 e. The van der Waals surface area contributed by atoms with Crippen LogP contribution in [0.2, 0.25) is 0 Å². The molecule has 1 N–H and O–H groups in total. The molecule has 1 aromatic carbocycles. The van der Waals surface area contributed by atoms with E-state index in [0.29, 0.717) is 24.3 Å². The number of benzene rings is 1. The van der Waals surface area contributed by atoms with Gasteiger partial charge < -0.3 is 9.88 Å². The minimum atomic E-state index is -0.219. The zero-order chi connectivity index (χ0) is 23.3. The summed E-state index contributed by atoms with van der Waals surface area (Å²) >= 11 is 0. The summed E-state index contributed by atoms with van der Waals surface area (Å²) in [5.74, 6) is 0.625. The first-order valence-electron chi connectivity index (χ1n) is 11.2. The molecule has 3 aromatic heterocycles. The van der Waals surface area contributed by atoms with E-state index in [1.807, 2.05) is 42.3 Å². The third kappa shape index (κ3) is 3.84. The molecule has 7 heteroatoms. The lowest BCUT2D eigenvalue weighted by molar-refractivity contribution is 0.0726. The van der Waals surface area contributed by atoms with Crippen molar-refractivity contribution in [2.75, 3.05) is 6.54 Å². The highest BCUT2D eigenvalue weighted by Crippen LogP contribution is 2.36. The summed E-state index contributed by atoms with van der Waals surface area (Å²) < 4.78 is 1.68. The normalized spacial score (nSPS) is 16.7. The molecule has 1 saturated heterocycles. The molecule has 0 aliphatic carbocycles. The number of rotatable bonds is 3. The van der Waals surface area contributed by atoms with Crippen molar-refractivity contribution in [2.24, 2.45) is 0 Å². The van der Waals surface area contributed by atoms with Crippen LogP contribution in [0.3, 0.4) is 0 Å². The van der Waals surface area contributed by atoms with Gasteiger partial charge in [0.1, 0.15) is 5.82 Å². The monoisotopic (exact) mass is 440 g/mol. The van der Waals surface area contributed by atoms with Crippen molar-refractivity contribution in [1.29, 1.82) is 0 Å². The van der Waals surface area contributed by atoms with Gasteiger partial charge in [0.2, 0.25) is 0 Å². The highest BCUT2D eigenvalue weighted by atomic mass is 16.2. The van der Waals surface area contributed by atoms with Crippen LogP contribution in [0.1, 0.15) is 60.8 Å². The van der Waals surface area contributed by atoms with Crippen molar-refractivity contribution in [3.05, 3.63) is 83.7 Å². The van der Waals surface area contributed by atoms with Crippen LogP contribution in [0.5, 0.6) is 0 Å². The van der Waals surface area contributed by atoms with Crippen LogP contribution in [0.25, 0.3) is 16.7 Å². The Morgan fingerprint density at radius 1 is 1.18 bits per heavy atom. The van der Waals surface area contributed by atoms with Crippen molar-refractivity contribution in [1.82, 2.24) is 29.6 Å². The lowest BCUT2D eigenvalue weighted by atomic mass is 9.87. The van der Waals surface area contributed by atoms with Crippen molar-refractivity contribution < 1.29 is 4.79 Å². The van der Waals surface area contributed by atoms with E-state index in [1.54, 1.807) is 10.9 Å². The molecule has 1 fully saturated rings. The standard InChI is InChI=1S/C26H28N6O/c1-16-13-22(24-29-19-9-8-18(26(3,4)5)14-20(19)30-24)31(15-16)25(33)23-21(10-7-17(2)28-23)32-12-6-11-27-32/h6-12,14,22H,1,13,15H2,2-5H3,(H,29,30). The summed E-state index contributed by atoms with van der Waals surface area (Å²) in [6.45, 7) is 13.1. The lowest BCUT2D eigenvalue weighted by Crippen LogP contribution is -2.33. The number of carbonyl (C=O) groups excluding carboxylic acids is 1. The van der Waals surface area contributed by atoms with Crippen molar-refractivity contribution in [3.63, 3.8) is 0 Å². The lowest BCUT2D eigenvalue weighted by Gasteiger charge is -2.23. The maximum atomic E-state index is 13.8. The molecule has 1 unspecified atom stereocenters. The summed E-state index contributed by atoms with van der Waals surface area (Å²) in [7, 11) is 0. The average molecular weight is 441 g/mol. The first-order chi connectivity index (χ1) is 15.7. The fraction of sp³-hybridized carbons (Fsp3) is 0.308. The largest absolute Gasteiger partial charge is 0.340 e. The first-order valence-corrected chi connectivity index (χ1v) is 11.2. The number of aryl methyl sites for hydroxylation is 1. The van der Waals surface area contributed by atoms with E-state index < -0.39 is 0 Å². The van der Waals surface area contributed by atoms with E-state index in [2.05, 4.69) is 54.5 Å². The molecule has 1 atom stereocenters. The summed E-state index contributed by atoms with van der Waals surface area (Å²) in [4.78, 5) is 28.5. The summed E-state index contributed by atoms with van der Waals surface area (Å²) in [5, 5.41) is 4.30. The number of H-pyrrole nitrogens is 1. The van der Waals surface area contributed by atoms with Gasteiger partial charge in [-0.05, 0) is 54.7 Å². The molecular weight excluding hydrogens is 412 g/mol. The molecule has 0 saturated carbocycles. The second kappa shape index (κ2) is 7.69. The van der Waals surface area contributed by atoms with E-state index in [1.165, 1.54) is 5.56 Å². The van der Waals surface area contributed by atoms with Gasteiger partial charge in [0.05, 0.1) is 22.8 Å². The maximum Gasteiger partial charge on any atom is 0.275 e. The molecule has 1 aliphatic rings. The number of likely N-dealkylation sites (tertiary alicyclic amines) is 1. The van der Waals surface area contributed by atoms with Crippen molar-refractivity contribution in [3.8, 4) is 5.69 Å². The number of hydrogen-bond acceptors (Lipinski definition) is 4. The zero-order valence-corrected chi connectivity index (χ0v) is 19.5. The number of nitrogens with zero attached hydrogens (tertiary/aromatic N) is 5. The van der Waals surface area contributed by atoms with Crippen LogP contribution in [0, 0.1) is 6.92 Å². The number of nitrogens with one attached hydrogen (secondary N) is 1. The van der Waals surface area contributed by atoms with Crippen LogP contribution in [-0.2, 0) is 5.41 Å². The number of hydrogen-bond donors (Lipinski definition) is 1. The van der Waals surface area contributed by atoms with Gasteiger partial charge in [-0.3, -0.25) is 4.79 Å². The number of aromatic nitrogens is 5. The van der Waals surface area contributed by atoms with E-state index >= 15 is 0 Å². The van der Waals surface area contributed by atoms with Crippen LogP contribution < -0.4 is 0 Å². The number of amides is 1. The molecule has 4 heterocycles. The molecule has 7 nitrogen and oxygen atoms in total.